The molecule has 0 N–H and O–H groups in total. The van der Waals surface area contributed by atoms with Crippen molar-refractivity contribution in [3.63, 3.8) is 0 Å². The lowest BCUT2D eigenvalue weighted by Gasteiger charge is -2.12. The monoisotopic (exact) mass is 242 g/mol. The minimum Gasteiger partial charge on any atom is -0.268 e. The van der Waals surface area contributed by atoms with E-state index in [1.807, 2.05) is 0 Å². The van der Waals surface area contributed by atoms with Gasteiger partial charge in [0.15, 0.2) is 0 Å². The molecule has 0 saturated carbocycles. The molecule has 0 saturated heterocycles. The summed E-state index contributed by atoms with van der Waals surface area (Å²) in [6.45, 7) is 0. The zero-order valence-corrected chi connectivity index (χ0v) is 11.3. The van der Waals surface area contributed by atoms with Crippen LogP contribution in [0.3, 0.4) is 0 Å². The summed E-state index contributed by atoms with van der Waals surface area (Å²) in [6, 6.07) is 2.30. The maximum absolute atomic E-state index is 4.72. The van der Waals surface area contributed by atoms with Crippen LogP contribution in [0.25, 0.3) is 11.1 Å². The number of aryl methyl sites for hydroxylation is 1. The van der Waals surface area contributed by atoms with Crippen LogP contribution in [0.5, 0.6) is 0 Å². The van der Waals surface area contributed by atoms with E-state index in [-0.39, 0.29) is 0 Å². The third-order valence-electron chi connectivity index (χ3n) is 4.12. The van der Waals surface area contributed by atoms with Crippen LogP contribution in [0, 0.1) is 0 Å². The van der Waals surface area contributed by atoms with Crippen LogP contribution in [0.15, 0.2) is 18.2 Å². The van der Waals surface area contributed by atoms with Gasteiger partial charge < -0.3 is 0 Å². The third-order valence-corrected chi connectivity index (χ3v) is 4.12. The van der Waals surface area contributed by atoms with E-state index in [4.69, 9.17) is 5.10 Å². The van der Waals surface area contributed by atoms with Gasteiger partial charge in [-0.2, -0.15) is 5.10 Å². The fourth-order valence-corrected chi connectivity index (χ4v) is 3.07. The van der Waals surface area contributed by atoms with Gasteiger partial charge in [-0.3, -0.25) is 4.68 Å². The molecule has 2 heteroatoms. The summed E-state index contributed by atoms with van der Waals surface area (Å²) in [4.78, 5) is 0. The predicted octanol–water partition coefficient (Wildman–Crippen LogP) is 4.33. The molecule has 3 rings (SSSR count). The van der Waals surface area contributed by atoms with Crippen LogP contribution in [0.4, 0.5) is 0 Å². The summed E-state index contributed by atoms with van der Waals surface area (Å²) in [5.74, 6) is 0. The van der Waals surface area contributed by atoms with Crippen molar-refractivity contribution in [2.45, 2.75) is 51.4 Å². The van der Waals surface area contributed by atoms with Crippen molar-refractivity contribution in [1.82, 2.24) is 9.78 Å². The van der Waals surface area contributed by atoms with Crippen molar-refractivity contribution < 1.29 is 0 Å². The molecule has 0 radical (unpaired) electrons. The Morgan fingerprint density at radius 3 is 2.22 bits per heavy atom. The molecule has 1 aromatic heterocycles. The van der Waals surface area contributed by atoms with E-state index in [1.54, 1.807) is 0 Å². The minimum absolute atomic E-state index is 1.20. The average Bonchev–Trinajstić information content (AvgIpc) is 2.83. The Kier molecular flexibility index (Phi) is 3.35. The normalized spacial score (nSPS) is 20.5. The van der Waals surface area contributed by atoms with Crippen LogP contribution in [-0.4, -0.2) is 9.78 Å². The zero-order valence-electron chi connectivity index (χ0n) is 11.3. The first-order valence-electron chi connectivity index (χ1n) is 7.27. The van der Waals surface area contributed by atoms with Crippen molar-refractivity contribution in [1.29, 1.82) is 0 Å². The second-order valence-electron chi connectivity index (χ2n) is 5.49. The van der Waals surface area contributed by atoms with E-state index in [2.05, 4.69) is 29.9 Å². The first-order chi connectivity index (χ1) is 8.84. The Bertz CT molecular complexity index is 491. The lowest BCUT2D eigenvalue weighted by atomic mass is 9.94. The molecular formula is C16H22N2. The number of hydrogen-bond donors (Lipinski definition) is 0. The first kappa shape index (κ1) is 11.8. The molecule has 0 aromatic carbocycles. The molecular weight excluding hydrogens is 220 g/mol. The van der Waals surface area contributed by atoms with Crippen molar-refractivity contribution in [3.8, 4) is 0 Å². The maximum Gasteiger partial charge on any atom is 0.0886 e. The van der Waals surface area contributed by atoms with E-state index in [1.165, 1.54) is 73.9 Å². The van der Waals surface area contributed by atoms with Gasteiger partial charge in [-0.05, 0) is 68.6 Å². The topological polar surface area (TPSA) is 17.8 Å². The maximum atomic E-state index is 4.72. The van der Waals surface area contributed by atoms with Gasteiger partial charge >= 0.3 is 0 Å². The second kappa shape index (κ2) is 5.13. The molecule has 0 fully saturated rings. The van der Waals surface area contributed by atoms with Crippen molar-refractivity contribution >= 4 is 11.1 Å². The molecule has 2 nitrogen and oxygen atoms in total. The van der Waals surface area contributed by atoms with Gasteiger partial charge in [0.25, 0.3) is 0 Å². The van der Waals surface area contributed by atoms with Gasteiger partial charge in [-0.25, -0.2) is 0 Å². The molecule has 0 atom stereocenters. The summed E-state index contributed by atoms with van der Waals surface area (Å²) in [5, 5.41) is 4.72. The highest BCUT2D eigenvalue weighted by Gasteiger charge is 2.15. The van der Waals surface area contributed by atoms with Gasteiger partial charge in [-0.15, -0.1) is 0 Å². The Balaban J connectivity index is 1.90. The van der Waals surface area contributed by atoms with Gasteiger partial charge in [0.05, 0.1) is 11.4 Å². The molecule has 96 valence electrons. The lowest BCUT2D eigenvalue weighted by Crippen LogP contribution is -2.00. The highest BCUT2D eigenvalue weighted by Crippen LogP contribution is 2.31. The summed E-state index contributed by atoms with van der Waals surface area (Å²) in [7, 11) is 2.08. The number of allylic oxidation sites excluding steroid dienone is 4. The van der Waals surface area contributed by atoms with Crippen molar-refractivity contribution in [3.05, 3.63) is 29.6 Å². The van der Waals surface area contributed by atoms with Crippen molar-refractivity contribution in [2.24, 2.45) is 7.05 Å². The molecule has 0 aliphatic heterocycles. The summed E-state index contributed by atoms with van der Waals surface area (Å²) in [5.41, 5.74) is 5.49. The molecule has 2 aliphatic carbocycles. The Morgan fingerprint density at radius 1 is 0.944 bits per heavy atom. The van der Waals surface area contributed by atoms with Crippen LogP contribution in [-0.2, 0) is 7.05 Å². The second-order valence-corrected chi connectivity index (χ2v) is 5.49. The van der Waals surface area contributed by atoms with E-state index in [0.717, 1.165) is 0 Å². The van der Waals surface area contributed by atoms with Gasteiger partial charge in [0.1, 0.15) is 0 Å². The molecule has 1 aromatic rings. The molecule has 1 heterocycles. The SMILES string of the molecule is Cn1nc(C2=CCCCC2)cc1C1=CCCCC1. The molecule has 2 aliphatic rings. The minimum atomic E-state index is 1.20. The number of hydrogen-bond acceptors (Lipinski definition) is 1. The Labute approximate surface area is 109 Å². The fraction of sp³-hybridized carbons (Fsp3) is 0.562. The van der Waals surface area contributed by atoms with Crippen LogP contribution in [0.2, 0.25) is 0 Å². The quantitative estimate of drug-likeness (QED) is 0.754. The molecule has 0 unspecified atom stereocenters. The number of rotatable bonds is 2. The fourth-order valence-electron chi connectivity index (χ4n) is 3.07. The third kappa shape index (κ3) is 2.29. The number of aromatic nitrogens is 2. The average molecular weight is 242 g/mol. The zero-order chi connectivity index (χ0) is 12.4. The molecule has 0 spiro atoms. The molecule has 18 heavy (non-hydrogen) atoms. The summed E-state index contributed by atoms with van der Waals surface area (Å²) < 4.78 is 2.07. The smallest absolute Gasteiger partial charge is 0.0886 e. The molecule has 0 bridgehead atoms. The van der Waals surface area contributed by atoms with Crippen LogP contribution < -0.4 is 0 Å². The van der Waals surface area contributed by atoms with Gasteiger partial charge in [0.2, 0.25) is 0 Å². The highest BCUT2D eigenvalue weighted by atomic mass is 15.3. The van der Waals surface area contributed by atoms with E-state index < -0.39 is 0 Å². The van der Waals surface area contributed by atoms with Crippen LogP contribution in [0.1, 0.15) is 62.8 Å². The predicted molar refractivity (Wildman–Crippen MR) is 76.1 cm³/mol. The van der Waals surface area contributed by atoms with Gasteiger partial charge in [-0.1, -0.05) is 12.2 Å². The van der Waals surface area contributed by atoms with E-state index in [9.17, 15) is 0 Å². The Hall–Kier alpha value is -1.31. The van der Waals surface area contributed by atoms with E-state index >= 15 is 0 Å². The highest BCUT2D eigenvalue weighted by molar-refractivity contribution is 5.70. The summed E-state index contributed by atoms with van der Waals surface area (Å²) in [6.07, 6.45) is 15.0. The Morgan fingerprint density at radius 2 is 1.61 bits per heavy atom. The standard InChI is InChI=1S/C16H22N2/c1-18-16(14-10-6-3-7-11-14)12-15(17-18)13-8-4-2-5-9-13/h8,10,12H,2-7,9,11H2,1H3. The molecule has 0 amide bonds. The first-order valence-corrected chi connectivity index (χ1v) is 7.27. The summed E-state index contributed by atoms with van der Waals surface area (Å²) >= 11 is 0. The lowest BCUT2D eigenvalue weighted by molar-refractivity contribution is 0.707. The van der Waals surface area contributed by atoms with Crippen molar-refractivity contribution in [2.75, 3.05) is 0 Å². The number of nitrogens with zero attached hydrogens (tertiary/aromatic N) is 2. The largest absolute Gasteiger partial charge is 0.268 e. The van der Waals surface area contributed by atoms with Crippen LogP contribution >= 0.6 is 0 Å². The van der Waals surface area contributed by atoms with Gasteiger partial charge in [0, 0.05) is 7.05 Å². The van der Waals surface area contributed by atoms with E-state index in [0.29, 0.717) is 0 Å².